The SMILES string of the molecule is CC(CN)C1c2ncccc2CC1C. The number of rotatable bonds is 2. The lowest BCUT2D eigenvalue weighted by atomic mass is 9.85. The predicted octanol–water partition coefficient (Wildman–Crippen LogP) is 1.95. The first-order chi connectivity index (χ1) is 6.74. The number of aromatic nitrogens is 1. The maximum atomic E-state index is 5.74. The molecule has 3 atom stereocenters. The van der Waals surface area contributed by atoms with Crippen molar-refractivity contribution in [2.75, 3.05) is 6.54 Å². The molecule has 1 heterocycles. The van der Waals surface area contributed by atoms with Gasteiger partial charge in [0.2, 0.25) is 0 Å². The van der Waals surface area contributed by atoms with Crippen LogP contribution in [0.3, 0.4) is 0 Å². The number of nitrogens with two attached hydrogens (primary N) is 1. The zero-order valence-electron chi connectivity index (χ0n) is 8.90. The van der Waals surface area contributed by atoms with Crippen molar-refractivity contribution in [3.63, 3.8) is 0 Å². The van der Waals surface area contributed by atoms with Crippen molar-refractivity contribution in [2.45, 2.75) is 26.2 Å². The highest BCUT2D eigenvalue weighted by atomic mass is 14.7. The predicted molar refractivity (Wildman–Crippen MR) is 58.1 cm³/mol. The summed E-state index contributed by atoms with van der Waals surface area (Å²) in [6, 6.07) is 4.23. The van der Waals surface area contributed by atoms with Gasteiger partial charge in [0.15, 0.2) is 0 Å². The molecular formula is C12H18N2. The molecule has 0 saturated carbocycles. The Morgan fingerprint density at radius 1 is 1.64 bits per heavy atom. The zero-order chi connectivity index (χ0) is 10.1. The first-order valence-corrected chi connectivity index (χ1v) is 5.38. The second kappa shape index (κ2) is 3.70. The lowest BCUT2D eigenvalue weighted by molar-refractivity contribution is 0.371. The standard InChI is InChI=1S/C12H18N2/c1-8-6-10-4-3-5-14-12(10)11(8)9(2)7-13/h3-5,8-9,11H,6-7,13H2,1-2H3. The largest absolute Gasteiger partial charge is 0.330 e. The molecule has 0 aliphatic heterocycles. The van der Waals surface area contributed by atoms with E-state index < -0.39 is 0 Å². The molecule has 0 radical (unpaired) electrons. The molecule has 2 rings (SSSR count). The lowest BCUT2D eigenvalue weighted by Crippen LogP contribution is -2.22. The molecule has 2 heteroatoms. The van der Waals surface area contributed by atoms with Crippen molar-refractivity contribution in [1.29, 1.82) is 0 Å². The number of hydrogen-bond donors (Lipinski definition) is 1. The van der Waals surface area contributed by atoms with Gasteiger partial charge in [-0.1, -0.05) is 19.9 Å². The molecule has 2 nitrogen and oxygen atoms in total. The second-order valence-corrected chi connectivity index (χ2v) is 4.47. The summed E-state index contributed by atoms with van der Waals surface area (Å²) in [5, 5.41) is 0. The Labute approximate surface area is 85.5 Å². The van der Waals surface area contributed by atoms with E-state index in [2.05, 4.69) is 24.9 Å². The normalized spacial score (nSPS) is 27.4. The molecule has 0 saturated heterocycles. The van der Waals surface area contributed by atoms with Gasteiger partial charge in [-0.05, 0) is 36.4 Å². The molecule has 2 N–H and O–H groups in total. The highest BCUT2D eigenvalue weighted by molar-refractivity contribution is 5.30. The van der Waals surface area contributed by atoms with Gasteiger partial charge in [-0.15, -0.1) is 0 Å². The van der Waals surface area contributed by atoms with Gasteiger partial charge in [-0.25, -0.2) is 0 Å². The van der Waals surface area contributed by atoms with Crippen LogP contribution >= 0.6 is 0 Å². The molecule has 0 bridgehead atoms. The monoisotopic (exact) mass is 190 g/mol. The third-order valence-electron chi connectivity index (χ3n) is 3.38. The fourth-order valence-corrected chi connectivity index (χ4v) is 2.64. The van der Waals surface area contributed by atoms with Crippen molar-refractivity contribution >= 4 is 0 Å². The molecule has 1 aromatic heterocycles. The molecule has 0 fully saturated rings. The zero-order valence-corrected chi connectivity index (χ0v) is 8.90. The second-order valence-electron chi connectivity index (χ2n) is 4.47. The molecule has 0 spiro atoms. The molecular weight excluding hydrogens is 172 g/mol. The Morgan fingerprint density at radius 2 is 2.43 bits per heavy atom. The third kappa shape index (κ3) is 1.44. The Kier molecular flexibility index (Phi) is 2.55. The van der Waals surface area contributed by atoms with Gasteiger partial charge in [0.05, 0.1) is 0 Å². The molecule has 3 unspecified atom stereocenters. The fourth-order valence-electron chi connectivity index (χ4n) is 2.64. The van der Waals surface area contributed by atoms with Crippen LogP contribution in [0.5, 0.6) is 0 Å². The summed E-state index contributed by atoms with van der Waals surface area (Å²) in [7, 11) is 0. The minimum atomic E-state index is 0.543. The Bertz CT molecular complexity index is 318. The summed E-state index contributed by atoms with van der Waals surface area (Å²) in [5.41, 5.74) is 8.45. The average Bonchev–Trinajstić information content (AvgIpc) is 2.53. The number of hydrogen-bond acceptors (Lipinski definition) is 2. The third-order valence-corrected chi connectivity index (χ3v) is 3.38. The number of pyridine rings is 1. The molecule has 0 aromatic carbocycles. The van der Waals surface area contributed by atoms with E-state index in [9.17, 15) is 0 Å². The van der Waals surface area contributed by atoms with Crippen LogP contribution in [0.25, 0.3) is 0 Å². The van der Waals surface area contributed by atoms with Gasteiger partial charge < -0.3 is 5.73 Å². The summed E-state index contributed by atoms with van der Waals surface area (Å²) in [6.45, 7) is 5.29. The van der Waals surface area contributed by atoms with Crippen LogP contribution in [0, 0.1) is 11.8 Å². The first-order valence-electron chi connectivity index (χ1n) is 5.38. The molecule has 0 amide bonds. The first kappa shape index (κ1) is 9.66. The van der Waals surface area contributed by atoms with Gasteiger partial charge in [0.25, 0.3) is 0 Å². The Balaban J connectivity index is 2.34. The Morgan fingerprint density at radius 3 is 3.14 bits per heavy atom. The van der Waals surface area contributed by atoms with Crippen LogP contribution in [0.4, 0.5) is 0 Å². The van der Waals surface area contributed by atoms with Gasteiger partial charge in [-0.2, -0.15) is 0 Å². The average molecular weight is 190 g/mol. The molecule has 1 aliphatic rings. The molecule has 1 aromatic rings. The van der Waals surface area contributed by atoms with Crippen molar-refractivity contribution < 1.29 is 0 Å². The highest BCUT2D eigenvalue weighted by Gasteiger charge is 2.33. The van der Waals surface area contributed by atoms with Crippen LogP contribution < -0.4 is 5.73 Å². The fraction of sp³-hybridized carbons (Fsp3) is 0.583. The topological polar surface area (TPSA) is 38.9 Å². The van der Waals surface area contributed by atoms with Crippen LogP contribution in [0.15, 0.2) is 18.3 Å². The quantitative estimate of drug-likeness (QED) is 0.774. The summed E-state index contributed by atoms with van der Waals surface area (Å²) in [6.07, 6.45) is 3.06. The van der Waals surface area contributed by atoms with Crippen LogP contribution in [-0.4, -0.2) is 11.5 Å². The molecule has 76 valence electrons. The van der Waals surface area contributed by atoms with E-state index in [0.29, 0.717) is 17.8 Å². The van der Waals surface area contributed by atoms with E-state index in [0.717, 1.165) is 13.0 Å². The van der Waals surface area contributed by atoms with Gasteiger partial charge in [0, 0.05) is 17.8 Å². The number of fused-ring (bicyclic) bond motifs is 1. The summed E-state index contributed by atoms with van der Waals surface area (Å²) in [4.78, 5) is 4.50. The smallest absolute Gasteiger partial charge is 0.0472 e. The van der Waals surface area contributed by atoms with Crippen molar-refractivity contribution in [3.05, 3.63) is 29.6 Å². The van der Waals surface area contributed by atoms with Crippen molar-refractivity contribution in [3.8, 4) is 0 Å². The summed E-state index contributed by atoms with van der Waals surface area (Å²) >= 11 is 0. The molecule has 14 heavy (non-hydrogen) atoms. The van der Waals surface area contributed by atoms with Gasteiger partial charge in [-0.3, -0.25) is 4.98 Å². The van der Waals surface area contributed by atoms with E-state index in [-0.39, 0.29) is 0 Å². The van der Waals surface area contributed by atoms with E-state index >= 15 is 0 Å². The van der Waals surface area contributed by atoms with Crippen LogP contribution in [0.1, 0.15) is 31.0 Å². The van der Waals surface area contributed by atoms with Gasteiger partial charge in [0.1, 0.15) is 0 Å². The lowest BCUT2D eigenvalue weighted by Gasteiger charge is -2.22. The summed E-state index contributed by atoms with van der Waals surface area (Å²) < 4.78 is 0. The molecule has 1 aliphatic carbocycles. The van der Waals surface area contributed by atoms with E-state index in [1.807, 2.05) is 12.3 Å². The maximum absolute atomic E-state index is 5.74. The van der Waals surface area contributed by atoms with Crippen molar-refractivity contribution in [2.24, 2.45) is 17.6 Å². The van der Waals surface area contributed by atoms with Crippen LogP contribution in [-0.2, 0) is 6.42 Å². The van der Waals surface area contributed by atoms with E-state index in [4.69, 9.17) is 5.73 Å². The van der Waals surface area contributed by atoms with Crippen LogP contribution in [0.2, 0.25) is 0 Å². The number of nitrogens with zero attached hydrogens (tertiary/aromatic N) is 1. The Hall–Kier alpha value is -0.890. The summed E-state index contributed by atoms with van der Waals surface area (Å²) in [5.74, 6) is 1.80. The minimum absolute atomic E-state index is 0.543. The van der Waals surface area contributed by atoms with Gasteiger partial charge >= 0.3 is 0 Å². The van der Waals surface area contributed by atoms with Crippen molar-refractivity contribution in [1.82, 2.24) is 4.98 Å². The minimum Gasteiger partial charge on any atom is -0.330 e. The highest BCUT2D eigenvalue weighted by Crippen LogP contribution is 2.40. The van der Waals surface area contributed by atoms with E-state index in [1.165, 1.54) is 11.3 Å². The maximum Gasteiger partial charge on any atom is 0.0472 e. The van der Waals surface area contributed by atoms with E-state index in [1.54, 1.807) is 0 Å².